The van der Waals surface area contributed by atoms with Gasteiger partial charge in [0.05, 0.1) is 28.2 Å². The van der Waals surface area contributed by atoms with Gasteiger partial charge in [-0.15, -0.1) is 0 Å². The van der Waals surface area contributed by atoms with Gasteiger partial charge in [0.25, 0.3) is 11.7 Å². The summed E-state index contributed by atoms with van der Waals surface area (Å²) in [4.78, 5) is 25.2. The van der Waals surface area contributed by atoms with Gasteiger partial charge in [0.1, 0.15) is 5.76 Å². The number of anilines is 1. The highest BCUT2D eigenvalue weighted by molar-refractivity contribution is 6.47. The normalized spacial score (nSPS) is 12.1. The number of hydrogen-bond donors (Lipinski definition) is 1. The highest BCUT2D eigenvalue weighted by atomic mass is 19.4. The van der Waals surface area contributed by atoms with Crippen molar-refractivity contribution < 1.29 is 27.3 Å². The molecule has 0 spiro atoms. The van der Waals surface area contributed by atoms with Crippen LogP contribution in [0.4, 0.5) is 19.0 Å². The molecule has 0 fully saturated rings. The van der Waals surface area contributed by atoms with Crippen LogP contribution in [-0.4, -0.2) is 26.6 Å². The van der Waals surface area contributed by atoms with Crippen molar-refractivity contribution >= 4 is 17.5 Å². The van der Waals surface area contributed by atoms with Crippen LogP contribution in [0.25, 0.3) is 5.69 Å². The maximum absolute atomic E-state index is 13.0. The number of halogens is 3. The minimum Gasteiger partial charge on any atom is -0.359 e. The van der Waals surface area contributed by atoms with Gasteiger partial charge in [-0.05, 0) is 32.0 Å². The first-order valence-electron chi connectivity index (χ1n) is 9.36. The van der Waals surface area contributed by atoms with Crippen molar-refractivity contribution in [3.8, 4) is 5.69 Å². The van der Waals surface area contributed by atoms with Crippen LogP contribution in [-0.2, 0) is 16.4 Å². The fraction of sp³-hybridized carbons (Fsp3) is 0.333. The number of Topliss-reactive ketones (excluding diaryl/α,β-unsaturated/α-hetero) is 1. The molecule has 3 aromatic rings. The predicted octanol–water partition coefficient (Wildman–Crippen LogP) is 4.61. The molecule has 0 atom stereocenters. The first-order valence-corrected chi connectivity index (χ1v) is 9.36. The summed E-state index contributed by atoms with van der Waals surface area (Å²) in [5.41, 5.74) is -0.586. The first-order chi connectivity index (χ1) is 14.3. The largest absolute Gasteiger partial charge is 0.416 e. The third kappa shape index (κ3) is 4.52. The molecule has 0 saturated carbocycles. The third-order valence-corrected chi connectivity index (χ3v) is 4.63. The summed E-state index contributed by atoms with van der Waals surface area (Å²) < 4.78 is 45.5. The molecular weight excluding hydrogens is 413 g/mol. The number of aryl methyl sites for hydroxylation is 1. The molecule has 0 unspecified atom stereocenters. The molecule has 31 heavy (non-hydrogen) atoms. The zero-order chi connectivity index (χ0) is 23.1. The number of carbonyl (C=O) groups excluding carboxylic acids is 2. The van der Waals surface area contributed by atoms with Gasteiger partial charge in [0, 0.05) is 11.5 Å². The Kier molecular flexibility index (Phi) is 5.51. The zero-order valence-corrected chi connectivity index (χ0v) is 17.6. The van der Waals surface area contributed by atoms with Crippen LogP contribution in [0.2, 0.25) is 0 Å². The second-order valence-electron chi connectivity index (χ2n) is 8.12. The molecule has 164 valence electrons. The number of nitrogens with zero attached hydrogens (tertiary/aromatic N) is 3. The van der Waals surface area contributed by atoms with E-state index in [0.717, 1.165) is 12.1 Å². The molecular formula is C21H21F3N4O3. The van der Waals surface area contributed by atoms with E-state index in [-0.39, 0.29) is 33.9 Å². The SMILES string of the molecule is Cc1nn(-c2cccc(C(F)(F)F)c2)c(C)c1C(=O)C(=O)Nc1cc(C(C)(C)C)on1. The molecule has 2 heterocycles. The van der Waals surface area contributed by atoms with Gasteiger partial charge in [-0.2, -0.15) is 18.3 Å². The molecule has 3 rings (SSSR count). The third-order valence-electron chi connectivity index (χ3n) is 4.63. The fourth-order valence-electron chi connectivity index (χ4n) is 3.01. The Morgan fingerprint density at radius 2 is 1.77 bits per heavy atom. The summed E-state index contributed by atoms with van der Waals surface area (Å²) in [6.07, 6.45) is -4.52. The highest BCUT2D eigenvalue weighted by Gasteiger charge is 2.31. The van der Waals surface area contributed by atoms with Crippen molar-refractivity contribution in [2.75, 3.05) is 5.32 Å². The molecule has 0 aliphatic rings. The van der Waals surface area contributed by atoms with Crippen molar-refractivity contribution in [2.45, 2.75) is 46.2 Å². The van der Waals surface area contributed by atoms with Crippen molar-refractivity contribution in [1.82, 2.24) is 14.9 Å². The summed E-state index contributed by atoms with van der Waals surface area (Å²) in [6, 6.07) is 6.08. The summed E-state index contributed by atoms with van der Waals surface area (Å²) in [5.74, 6) is -1.22. The van der Waals surface area contributed by atoms with E-state index in [2.05, 4.69) is 15.6 Å². The van der Waals surface area contributed by atoms with Gasteiger partial charge in [-0.25, -0.2) is 4.68 Å². The van der Waals surface area contributed by atoms with Crippen LogP contribution in [0, 0.1) is 13.8 Å². The number of alkyl halides is 3. The molecule has 2 aromatic heterocycles. The molecule has 1 amide bonds. The van der Waals surface area contributed by atoms with Crippen molar-refractivity contribution in [1.29, 1.82) is 0 Å². The number of amides is 1. The quantitative estimate of drug-likeness (QED) is 0.478. The molecule has 1 N–H and O–H groups in total. The van der Waals surface area contributed by atoms with Gasteiger partial charge >= 0.3 is 6.18 Å². The molecule has 0 bridgehead atoms. The van der Waals surface area contributed by atoms with Crippen molar-refractivity contribution in [3.63, 3.8) is 0 Å². The summed E-state index contributed by atoms with van der Waals surface area (Å²) >= 11 is 0. The number of rotatable bonds is 4. The van der Waals surface area contributed by atoms with Crippen LogP contribution in [0.15, 0.2) is 34.9 Å². The van der Waals surface area contributed by atoms with Crippen molar-refractivity contribution in [2.24, 2.45) is 0 Å². The van der Waals surface area contributed by atoms with E-state index >= 15 is 0 Å². The Bertz CT molecular complexity index is 1150. The van der Waals surface area contributed by atoms with Crippen LogP contribution in [0.1, 0.15) is 53.8 Å². The number of aromatic nitrogens is 3. The van der Waals surface area contributed by atoms with Crippen LogP contribution >= 0.6 is 0 Å². The number of hydrogen-bond acceptors (Lipinski definition) is 5. The van der Waals surface area contributed by atoms with Gasteiger partial charge in [-0.3, -0.25) is 9.59 Å². The Hall–Kier alpha value is -3.43. The number of benzene rings is 1. The van der Waals surface area contributed by atoms with Crippen LogP contribution in [0.3, 0.4) is 0 Å². The van der Waals surface area contributed by atoms with Crippen LogP contribution < -0.4 is 5.32 Å². The van der Waals surface area contributed by atoms with E-state index in [4.69, 9.17) is 4.52 Å². The molecule has 0 radical (unpaired) electrons. The average Bonchev–Trinajstić information content (AvgIpc) is 3.25. The second kappa shape index (κ2) is 7.68. The molecule has 10 heteroatoms. The lowest BCUT2D eigenvalue weighted by atomic mass is 9.93. The van der Waals surface area contributed by atoms with Crippen molar-refractivity contribution in [3.05, 3.63) is 58.6 Å². The standard InChI is InChI=1S/C21H21F3N4O3/c1-11-17(18(29)19(30)25-16-10-15(31-27-16)20(3,4)5)12(2)28(26-11)14-8-6-7-13(9-14)21(22,23)24/h6-10H,1-5H3,(H,25,27,30). The molecule has 0 aliphatic heterocycles. The Morgan fingerprint density at radius 3 is 2.35 bits per heavy atom. The Balaban J connectivity index is 1.89. The van der Waals surface area contributed by atoms with E-state index in [1.165, 1.54) is 36.7 Å². The van der Waals surface area contributed by atoms with Gasteiger partial charge in [0.2, 0.25) is 0 Å². The second-order valence-corrected chi connectivity index (χ2v) is 8.12. The van der Waals surface area contributed by atoms with Gasteiger partial charge in [0.15, 0.2) is 5.82 Å². The predicted molar refractivity (Wildman–Crippen MR) is 106 cm³/mol. The minimum atomic E-state index is -4.52. The Labute approximate surface area is 176 Å². The van der Waals surface area contributed by atoms with E-state index in [1.54, 1.807) is 0 Å². The zero-order valence-electron chi connectivity index (χ0n) is 17.6. The van der Waals surface area contributed by atoms with E-state index in [9.17, 15) is 22.8 Å². The van der Waals surface area contributed by atoms with E-state index in [0.29, 0.717) is 5.76 Å². The highest BCUT2D eigenvalue weighted by Crippen LogP contribution is 2.31. The van der Waals surface area contributed by atoms with E-state index in [1.807, 2.05) is 20.8 Å². The fourth-order valence-corrected chi connectivity index (χ4v) is 3.01. The summed E-state index contributed by atoms with van der Waals surface area (Å²) in [5, 5.41) is 10.3. The number of nitrogens with one attached hydrogen (secondary N) is 1. The molecule has 7 nitrogen and oxygen atoms in total. The molecule has 0 saturated heterocycles. The molecule has 1 aromatic carbocycles. The monoisotopic (exact) mass is 434 g/mol. The Morgan fingerprint density at radius 1 is 1.10 bits per heavy atom. The minimum absolute atomic E-state index is 0.00875. The van der Waals surface area contributed by atoms with Gasteiger partial charge in [-0.1, -0.05) is 32.0 Å². The molecule has 0 aliphatic carbocycles. The lowest BCUT2D eigenvalue weighted by Gasteiger charge is -2.12. The van der Waals surface area contributed by atoms with Gasteiger partial charge < -0.3 is 9.84 Å². The summed E-state index contributed by atoms with van der Waals surface area (Å²) in [6.45, 7) is 8.72. The lowest BCUT2D eigenvalue weighted by Crippen LogP contribution is -2.24. The smallest absolute Gasteiger partial charge is 0.359 e. The maximum Gasteiger partial charge on any atom is 0.416 e. The maximum atomic E-state index is 13.0. The average molecular weight is 434 g/mol. The lowest BCUT2D eigenvalue weighted by molar-refractivity contribution is -0.137. The number of carbonyl (C=O) groups is 2. The first kappa shape index (κ1) is 22.3. The number of ketones is 1. The van der Waals surface area contributed by atoms with Crippen LogP contribution in [0.5, 0.6) is 0 Å². The van der Waals surface area contributed by atoms with E-state index < -0.39 is 23.4 Å². The topological polar surface area (TPSA) is 90.0 Å². The summed E-state index contributed by atoms with van der Waals surface area (Å²) in [7, 11) is 0.